The highest BCUT2D eigenvalue weighted by molar-refractivity contribution is 5.55. The van der Waals surface area contributed by atoms with Gasteiger partial charge in [0, 0.05) is 13.1 Å². The van der Waals surface area contributed by atoms with E-state index < -0.39 is 0 Å². The number of methoxy groups -OCH3 is 1. The number of hydrogen-bond donors (Lipinski definition) is 0. The van der Waals surface area contributed by atoms with E-state index in [1.807, 2.05) is 13.0 Å². The van der Waals surface area contributed by atoms with Crippen molar-refractivity contribution in [3.05, 3.63) is 23.2 Å². The van der Waals surface area contributed by atoms with Gasteiger partial charge in [-0.3, -0.25) is 9.79 Å². The molecule has 0 atom stereocenters. The molecule has 0 aliphatic heterocycles. The lowest BCUT2D eigenvalue weighted by molar-refractivity contribution is 0.383. The van der Waals surface area contributed by atoms with Crippen LogP contribution in [0.4, 0.5) is 0 Å². The molecule has 0 amide bonds. The summed E-state index contributed by atoms with van der Waals surface area (Å²) in [5.41, 5.74) is 1.60. The molecular formula is C9H12N2O2. The maximum absolute atomic E-state index is 10.7. The van der Waals surface area contributed by atoms with Gasteiger partial charge in [-0.25, -0.2) is 4.57 Å². The zero-order chi connectivity index (χ0) is 9.84. The summed E-state index contributed by atoms with van der Waals surface area (Å²) >= 11 is 0. The molecular weight excluding hydrogens is 168 g/mol. The average molecular weight is 180 g/mol. The Morgan fingerprint density at radius 3 is 2.69 bits per heavy atom. The summed E-state index contributed by atoms with van der Waals surface area (Å²) in [7, 11) is 3.16. The summed E-state index contributed by atoms with van der Waals surface area (Å²) in [5.74, 6) is 0.496. The Morgan fingerprint density at radius 2 is 2.23 bits per heavy atom. The Labute approximate surface area is 76.5 Å². The largest absolute Gasteiger partial charge is 0.482 e. The van der Waals surface area contributed by atoms with Crippen LogP contribution in [0.5, 0.6) is 5.88 Å². The minimum atomic E-state index is 0.496. The van der Waals surface area contributed by atoms with Crippen molar-refractivity contribution in [3.8, 4) is 5.88 Å². The van der Waals surface area contributed by atoms with Crippen LogP contribution in [0.1, 0.15) is 5.56 Å². The molecule has 1 heterocycles. The molecule has 0 aliphatic carbocycles. The van der Waals surface area contributed by atoms with Crippen molar-refractivity contribution in [2.45, 2.75) is 6.92 Å². The zero-order valence-electron chi connectivity index (χ0n) is 7.94. The minimum absolute atomic E-state index is 0.496. The number of pyridine rings is 1. The second-order valence-electron chi connectivity index (χ2n) is 2.63. The number of aromatic nitrogens is 1. The fraction of sp³-hybridized carbons (Fsp3) is 0.333. The Bertz CT molecular complexity index is 380. The summed E-state index contributed by atoms with van der Waals surface area (Å²) in [6, 6.07) is 3.60. The highest BCUT2D eigenvalue weighted by Crippen LogP contribution is 2.07. The van der Waals surface area contributed by atoms with Crippen molar-refractivity contribution < 1.29 is 9.53 Å². The summed E-state index contributed by atoms with van der Waals surface area (Å²) in [4.78, 5) is 14.7. The SMILES string of the molecule is CN=c1cc(C)cc(OC)n1C=O. The second kappa shape index (κ2) is 3.89. The molecule has 0 saturated heterocycles. The Balaban J connectivity index is 3.52. The van der Waals surface area contributed by atoms with Crippen molar-refractivity contribution in [1.29, 1.82) is 0 Å². The van der Waals surface area contributed by atoms with Gasteiger partial charge in [0.2, 0.25) is 12.3 Å². The molecule has 1 aromatic rings. The molecule has 0 spiro atoms. The first-order valence-corrected chi connectivity index (χ1v) is 3.88. The lowest BCUT2D eigenvalue weighted by Crippen LogP contribution is -2.21. The summed E-state index contributed by atoms with van der Waals surface area (Å²) < 4.78 is 6.39. The number of nitrogens with zero attached hydrogens (tertiary/aromatic N) is 2. The number of hydrogen-bond acceptors (Lipinski definition) is 3. The summed E-state index contributed by atoms with van der Waals surface area (Å²) in [6.07, 6.45) is 0.681. The molecule has 13 heavy (non-hydrogen) atoms. The first kappa shape index (κ1) is 9.51. The van der Waals surface area contributed by atoms with Gasteiger partial charge in [0.15, 0.2) is 0 Å². The number of carbonyl (C=O) groups excluding carboxylic acids is 1. The fourth-order valence-electron chi connectivity index (χ4n) is 1.13. The van der Waals surface area contributed by atoms with Crippen LogP contribution in [0.3, 0.4) is 0 Å². The normalized spacial score (nSPS) is 11.5. The number of carbonyl (C=O) groups is 1. The maximum atomic E-state index is 10.7. The van der Waals surface area contributed by atoms with Gasteiger partial charge in [0.25, 0.3) is 0 Å². The maximum Gasteiger partial charge on any atom is 0.222 e. The standard InChI is InChI=1S/C9H12N2O2/c1-7-4-8(10-2)11(6-12)9(5-7)13-3/h4-6H,1-3H3. The highest BCUT2D eigenvalue weighted by atomic mass is 16.5. The van der Waals surface area contributed by atoms with E-state index >= 15 is 0 Å². The third-order valence-electron chi connectivity index (χ3n) is 1.74. The molecule has 4 nitrogen and oxygen atoms in total. The Kier molecular flexibility index (Phi) is 2.84. The van der Waals surface area contributed by atoms with Crippen LogP contribution >= 0.6 is 0 Å². The average Bonchev–Trinajstić information content (AvgIpc) is 2.16. The zero-order valence-corrected chi connectivity index (χ0v) is 7.94. The molecule has 70 valence electrons. The van der Waals surface area contributed by atoms with Crippen LogP contribution in [0, 0.1) is 6.92 Å². The van der Waals surface area contributed by atoms with E-state index in [4.69, 9.17) is 4.74 Å². The Morgan fingerprint density at radius 1 is 1.54 bits per heavy atom. The van der Waals surface area contributed by atoms with Crippen LogP contribution in [-0.2, 0) is 4.79 Å². The number of rotatable bonds is 2. The molecule has 0 fully saturated rings. The van der Waals surface area contributed by atoms with Crippen molar-refractivity contribution in [2.24, 2.45) is 4.99 Å². The van der Waals surface area contributed by atoms with E-state index in [0.717, 1.165) is 5.56 Å². The second-order valence-corrected chi connectivity index (χ2v) is 2.63. The van der Waals surface area contributed by atoms with E-state index in [-0.39, 0.29) is 0 Å². The van der Waals surface area contributed by atoms with Gasteiger partial charge >= 0.3 is 0 Å². The van der Waals surface area contributed by atoms with Crippen LogP contribution in [0.2, 0.25) is 0 Å². The fourth-order valence-corrected chi connectivity index (χ4v) is 1.13. The minimum Gasteiger partial charge on any atom is -0.482 e. The molecule has 0 bridgehead atoms. The third-order valence-corrected chi connectivity index (χ3v) is 1.74. The first-order chi connectivity index (χ1) is 6.22. The molecule has 0 radical (unpaired) electrons. The van der Waals surface area contributed by atoms with Crippen molar-refractivity contribution in [2.75, 3.05) is 14.2 Å². The smallest absolute Gasteiger partial charge is 0.222 e. The van der Waals surface area contributed by atoms with E-state index in [1.54, 1.807) is 13.1 Å². The van der Waals surface area contributed by atoms with Crippen LogP contribution in [0.15, 0.2) is 17.1 Å². The van der Waals surface area contributed by atoms with Crippen LogP contribution in [-0.4, -0.2) is 25.1 Å². The Hall–Kier alpha value is -1.58. The van der Waals surface area contributed by atoms with E-state index in [1.165, 1.54) is 11.7 Å². The predicted molar refractivity (Wildman–Crippen MR) is 49.4 cm³/mol. The van der Waals surface area contributed by atoms with Crippen molar-refractivity contribution in [3.63, 3.8) is 0 Å². The summed E-state index contributed by atoms with van der Waals surface area (Å²) in [5, 5.41) is 0. The molecule has 0 N–H and O–H groups in total. The van der Waals surface area contributed by atoms with E-state index in [9.17, 15) is 4.79 Å². The van der Waals surface area contributed by atoms with E-state index in [0.29, 0.717) is 17.8 Å². The van der Waals surface area contributed by atoms with E-state index in [2.05, 4.69) is 4.99 Å². The van der Waals surface area contributed by atoms with Gasteiger partial charge in [-0.15, -0.1) is 0 Å². The van der Waals surface area contributed by atoms with Gasteiger partial charge in [-0.05, 0) is 18.6 Å². The molecule has 0 unspecified atom stereocenters. The predicted octanol–water partition coefficient (Wildman–Crippen LogP) is 0.374. The van der Waals surface area contributed by atoms with Gasteiger partial charge in [0.1, 0.15) is 5.49 Å². The lowest BCUT2D eigenvalue weighted by atomic mass is 10.3. The molecule has 0 aliphatic rings. The molecule has 4 heteroatoms. The first-order valence-electron chi connectivity index (χ1n) is 3.88. The van der Waals surface area contributed by atoms with Crippen LogP contribution < -0.4 is 10.2 Å². The molecule has 0 saturated carbocycles. The lowest BCUT2D eigenvalue weighted by Gasteiger charge is -2.07. The number of ether oxygens (including phenoxy) is 1. The molecule has 1 aromatic heterocycles. The quantitative estimate of drug-likeness (QED) is 0.617. The van der Waals surface area contributed by atoms with Gasteiger partial charge < -0.3 is 4.74 Å². The van der Waals surface area contributed by atoms with Crippen LogP contribution in [0.25, 0.3) is 0 Å². The van der Waals surface area contributed by atoms with Gasteiger partial charge in [0.05, 0.1) is 7.11 Å². The van der Waals surface area contributed by atoms with Crippen molar-refractivity contribution in [1.82, 2.24) is 4.57 Å². The monoisotopic (exact) mass is 180 g/mol. The summed E-state index contributed by atoms with van der Waals surface area (Å²) in [6.45, 7) is 1.92. The number of aryl methyl sites for hydroxylation is 1. The van der Waals surface area contributed by atoms with Gasteiger partial charge in [-0.2, -0.15) is 0 Å². The highest BCUT2D eigenvalue weighted by Gasteiger charge is 2.01. The molecule has 1 rings (SSSR count). The molecule has 0 aromatic carbocycles. The van der Waals surface area contributed by atoms with Crippen molar-refractivity contribution >= 4 is 6.41 Å². The third kappa shape index (κ3) is 1.77. The van der Waals surface area contributed by atoms with Gasteiger partial charge in [-0.1, -0.05) is 0 Å². The topological polar surface area (TPSA) is 43.6 Å².